The Morgan fingerprint density at radius 1 is 0.976 bits per heavy atom. The van der Waals surface area contributed by atoms with Crippen LogP contribution in [0.1, 0.15) is 41.0 Å². The van der Waals surface area contributed by atoms with Crippen LogP contribution < -0.4 is 4.90 Å². The number of carbonyl (C=O) groups excluding carboxylic acids is 4. The molecule has 1 aliphatic carbocycles. The molecular weight excluding hydrogens is 552 g/mol. The Kier molecular flexibility index (Phi) is 7.21. The van der Waals surface area contributed by atoms with Crippen LogP contribution in [0.3, 0.4) is 0 Å². The SMILES string of the molecule is CC(OC(=O)c1cc(-c2ccc(N3C(=O)C4CC=CC(C)C4C3=O)cc2)nc2ccccc12)C(=O)c1ccc(Cl)cc1. The van der Waals surface area contributed by atoms with Crippen molar-refractivity contribution in [1.29, 1.82) is 0 Å². The highest BCUT2D eigenvalue weighted by Crippen LogP contribution is 2.40. The van der Waals surface area contributed by atoms with Gasteiger partial charge in [-0.2, -0.15) is 0 Å². The van der Waals surface area contributed by atoms with E-state index in [1.165, 1.54) is 11.8 Å². The number of para-hydroxylation sites is 1. The number of amides is 2. The van der Waals surface area contributed by atoms with Crippen molar-refractivity contribution in [3.05, 3.63) is 107 Å². The van der Waals surface area contributed by atoms with Gasteiger partial charge < -0.3 is 4.74 Å². The van der Waals surface area contributed by atoms with Gasteiger partial charge in [0.15, 0.2) is 6.10 Å². The first kappa shape index (κ1) is 27.5. The molecule has 4 atom stereocenters. The van der Waals surface area contributed by atoms with Gasteiger partial charge in [0, 0.05) is 21.5 Å². The van der Waals surface area contributed by atoms with E-state index >= 15 is 0 Å². The van der Waals surface area contributed by atoms with E-state index in [-0.39, 0.29) is 40.9 Å². The number of rotatable bonds is 6. The van der Waals surface area contributed by atoms with Gasteiger partial charge in [0.1, 0.15) is 0 Å². The summed E-state index contributed by atoms with van der Waals surface area (Å²) < 4.78 is 5.61. The summed E-state index contributed by atoms with van der Waals surface area (Å²) in [6, 6.07) is 22.2. The van der Waals surface area contributed by atoms with E-state index in [9.17, 15) is 19.2 Å². The van der Waals surface area contributed by atoms with Crippen molar-refractivity contribution < 1.29 is 23.9 Å². The summed E-state index contributed by atoms with van der Waals surface area (Å²) in [6.45, 7) is 3.50. The van der Waals surface area contributed by atoms with Gasteiger partial charge in [0.25, 0.3) is 0 Å². The quantitative estimate of drug-likeness (QED) is 0.110. The number of nitrogens with zero attached hydrogens (tertiary/aromatic N) is 2. The topological polar surface area (TPSA) is 93.6 Å². The molecule has 7 nitrogen and oxygen atoms in total. The summed E-state index contributed by atoms with van der Waals surface area (Å²) in [4.78, 5) is 58.6. The van der Waals surface area contributed by atoms with Crippen LogP contribution in [0.25, 0.3) is 22.2 Å². The summed E-state index contributed by atoms with van der Waals surface area (Å²) in [5.41, 5.74) is 2.94. The van der Waals surface area contributed by atoms with Crippen LogP contribution in [0.2, 0.25) is 5.02 Å². The molecule has 0 saturated carbocycles. The summed E-state index contributed by atoms with van der Waals surface area (Å²) in [7, 11) is 0. The lowest BCUT2D eigenvalue weighted by atomic mass is 9.78. The molecule has 2 heterocycles. The number of aromatic nitrogens is 1. The molecule has 6 rings (SSSR count). The first-order chi connectivity index (χ1) is 20.2. The zero-order chi connectivity index (χ0) is 29.5. The van der Waals surface area contributed by atoms with Gasteiger partial charge in [0.2, 0.25) is 17.6 Å². The molecule has 2 aliphatic rings. The number of allylic oxidation sites excluding steroid dienone is 2. The van der Waals surface area contributed by atoms with E-state index in [0.717, 1.165) is 0 Å². The molecule has 210 valence electrons. The summed E-state index contributed by atoms with van der Waals surface area (Å²) in [6.07, 6.45) is 3.52. The molecule has 1 aromatic heterocycles. The monoisotopic (exact) mass is 578 g/mol. The Labute approximate surface area is 247 Å². The highest BCUT2D eigenvalue weighted by molar-refractivity contribution is 6.30. The number of halogens is 1. The molecule has 0 spiro atoms. The highest BCUT2D eigenvalue weighted by atomic mass is 35.5. The number of imide groups is 1. The first-order valence-electron chi connectivity index (χ1n) is 13.8. The van der Waals surface area contributed by atoms with Crippen molar-refractivity contribution >= 4 is 51.8 Å². The maximum absolute atomic E-state index is 13.4. The van der Waals surface area contributed by atoms with Crippen LogP contribution in [-0.2, 0) is 14.3 Å². The van der Waals surface area contributed by atoms with E-state index in [0.29, 0.717) is 44.9 Å². The summed E-state index contributed by atoms with van der Waals surface area (Å²) in [5.74, 6) is -2.01. The Morgan fingerprint density at radius 3 is 2.40 bits per heavy atom. The van der Waals surface area contributed by atoms with E-state index < -0.39 is 12.1 Å². The molecule has 4 unspecified atom stereocenters. The second-order valence-corrected chi connectivity index (χ2v) is 11.1. The molecular formula is C34H27ClN2O5. The number of anilines is 1. The first-order valence-corrected chi connectivity index (χ1v) is 14.2. The molecule has 1 aliphatic heterocycles. The van der Waals surface area contributed by atoms with Crippen molar-refractivity contribution in [3.63, 3.8) is 0 Å². The molecule has 4 aromatic rings. The molecule has 42 heavy (non-hydrogen) atoms. The standard InChI is InChI=1S/C34H27ClN2O5/c1-19-6-5-8-26-30(19)33(40)37(32(26)39)24-16-12-21(13-17-24)29-18-27(25-7-3-4-9-28(25)36-29)34(41)42-20(2)31(38)22-10-14-23(35)15-11-22/h3-7,9-20,26,30H,8H2,1-2H3. The average molecular weight is 579 g/mol. The molecule has 0 bridgehead atoms. The third-order valence-electron chi connectivity index (χ3n) is 8.01. The Morgan fingerprint density at radius 2 is 1.69 bits per heavy atom. The van der Waals surface area contributed by atoms with Crippen molar-refractivity contribution in [3.8, 4) is 11.3 Å². The second kappa shape index (κ2) is 11.0. The van der Waals surface area contributed by atoms with E-state index in [2.05, 4.69) is 0 Å². The van der Waals surface area contributed by atoms with E-state index in [1.807, 2.05) is 25.1 Å². The third kappa shape index (κ3) is 4.90. The number of hydrogen-bond donors (Lipinski definition) is 0. The zero-order valence-electron chi connectivity index (χ0n) is 23.0. The number of hydrogen-bond acceptors (Lipinski definition) is 6. The molecule has 8 heteroatoms. The number of carbonyl (C=O) groups is 4. The lowest BCUT2D eigenvalue weighted by molar-refractivity contribution is -0.122. The molecule has 1 fully saturated rings. The van der Waals surface area contributed by atoms with Crippen LogP contribution in [-0.4, -0.2) is 34.7 Å². The highest BCUT2D eigenvalue weighted by Gasteiger charge is 2.50. The zero-order valence-corrected chi connectivity index (χ0v) is 23.7. The molecule has 1 saturated heterocycles. The molecule has 3 aromatic carbocycles. The van der Waals surface area contributed by atoms with Gasteiger partial charge in [-0.05, 0) is 67.8 Å². The summed E-state index contributed by atoms with van der Waals surface area (Å²) in [5, 5.41) is 1.09. The lowest BCUT2D eigenvalue weighted by Gasteiger charge is -2.22. The average Bonchev–Trinajstić information content (AvgIpc) is 3.26. The maximum atomic E-state index is 13.4. The van der Waals surface area contributed by atoms with Crippen molar-refractivity contribution in [2.24, 2.45) is 17.8 Å². The van der Waals surface area contributed by atoms with Crippen molar-refractivity contribution in [2.45, 2.75) is 26.4 Å². The summed E-state index contributed by atoms with van der Waals surface area (Å²) >= 11 is 5.93. The number of ether oxygens (including phenoxy) is 1. The van der Waals surface area contributed by atoms with Crippen molar-refractivity contribution in [1.82, 2.24) is 4.98 Å². The fourth-order valence-electron chi connectivity index (χ4n) is 5.80. The fourth-order valence-corrected chi connectivity index (χ4v) is 5.93. The van der Waals surface area contributed by atoms with Crippen LogP contribution in [0, 0.1) is 17.8 Å². The second-order valence-electron chi connectivity index (χ2n) is 10.7. The largest absolute Gasteiger partial charge is 0.451 e. The Balaban J connectivity index is 1.28. The van der Waals surface area contributed by atoms with Gasteiger partial charge in [0.05, 0.1) is 34.3 Å². The molecule has 0 N–H and O–H groups in total. The molecule has 2 amide bonds. The minimum Gasteiger partial charge on any atom is -0.451 e. The third-order valence-corrected chi connectivity index (χ3v) is 8.26. The Bertz CT molecular complexity index is 1760. The van der Waals surface area contributed by atoms with Crippen molar-refractivity contribution in [2.75, 3.05) is 4.90 Å². The van der Waals surface area contributed by atoms with E-state index in [1.54, 1.807) is 72.8 Å². The minimum atomic E-state index is -1.02. The minimum absolute atomic E-state index is 0.00801. The predicted octanol–water partition coefficient (Wildman–Crippen LogP) is 6.69. The smallest absolute Gasteiger partial charge is 0.339 e. The number of fused-ring (bicyclic) bond motifs is 2. The van der Waals surface area contributed by atoms with Gasteiger partial charge in [-0.3, -0.25) is 19.3 Å². The van der Waals surface area contributed by atoms with Gasteiger partial charge in [-0.15, -0.1) is 0 Å². The number of pyridine rings is 1. The number of ketones is 1. The van der Waals surface area contributed by atoms with Crippen LogP contribution in [0.15, 0.2) is 91.0 Å². The number of benzene rings is 3. The maximum Gasteiger partial charge on any atom is 0.339 e. The van der Waals surface area contributed by atoms with Gasteiger partial charge in [-0.25, -0.2) is 9.78 Å². The van der Waals surface area contributed by atoms with Crippen LogP contribution in [0.5, 0.6) is 0 Å². The lowest BCUT2D eigenvalue weighted by Crippen LogP contribution is -2.31. The normalized spacial score (nSPS) is 20.5. The van der Waals surface area contributed by atoms with E-state index in [4.69, 9.17) is 21.3 Å². The van der Waals surface area contributed by atoms with Gasteiger partial charge >= 0.3 is 5.97 Å². The number of esters is 1. The van der Waals surface area contributed by atoms with Crippen LogP contribution in [0.4, 0.5) is 5.69 Å². The van der Waals surface area contributed by atoms with Crippen LogP contribution >= 0.6 is 11.6 Å². The fraction of sp³-hybridized carbons (Fsp3) is 0.206. The predicted molar refractivity (Wildman–Crippen MR) is 160 cm³/mol. The Hall–Kier alpha value is -4.62. The van der Waals surface area contributed by atoms with Gasteiger partial charge in [-0.1, -0.05) is 61.0 Å². The molecule has 0 radical (unpaired) electrons. The number of Topliss-reactive ketones (excluding diaryl/α,β-unsaturated/α-hetero) is 1.